The molecule has 2 aromatic rings. The predicted octanol–water partition coefficient (Wildman–Crippen LogP) is 2.38. The lowest BCUT2D eigenvalue weighted by atomic mass is 10.3. The van der Waals surface area contributed by atoms with Crippen molar-refractivity contribution < 1.29 is 9.53 Å². The highest BCUT2D eigenvalue weighted by atomic mass is 32.1. The fourth-order valence-electron chi connectivity index (χ4n) is 1.23. The van der Waals surface area contributed by atoms with Crippen LogP contribution in [-0.4, -0.2) is 22.5 Å². The Kier molecular flexibility index (Phi) is 3.26. The number of nitrogens with zero attached hydrogens (tertiary/aromatic N) is 2. The summed E-state index contributed by atoms with van der Waals surface area (Å²) < 4.78 is 4.92. The van der Waals surface area contributed by atoms with Gasteiger partial charge in [-0.1, -0.05) is 0 Å². The van der Waals surface area contributed by atoms with Crippen molar-refractivity contribution >= 4 is 17.3 Å². The maximum atomic E-state index is 11.4. The summed E-state index contributed by atoms with van der Waals surface area (Å²) >= 11 is 1.38. The average Bonchev–Trinajstić information content (AvgIpc) is 2.80. The summed E-state index contributed by atoms with van der Waals surface area (Å²) in [6.07, 6.45) is 4.91. The van der Waals surface area contributed by atoms with E-state index >= 15 is 0 Å². The number of carbonyl (C=O) groups excluding carboxylic acids is 1. The molecule has 0 radical (unpaired) electrons. The van der Waals surface area contributed by atoms with Gasteiger partial charge in [-0.25, -0.2) is 14.8 Å². The summed E-state index contributed by atoms with van der Waals surface area (Å²) in [5.74, 6) is -0.282. The quantitative estimate of drug-likeness (QED) is 0.765. The van der Waals surface area contributed by atoms with E-state index in [2.05, 4.69) is 9.97 Å². The van der Waals surface area contributed by atoms with Gasteiger partial charge in [-0.05, 0) is 19.1 Å². The Morgan fingerprint density at radius 2 is 2.12 bits per heavy atom. The number of esters is 1. The lowest BCUT2D eigenvalue weighted by Gasteiger charge is -1.97. The van der Waals surface area contributed by atoms with Crippen molar-refractivity contribution in [1.82, 2.24) is 9.97 Å². The Balaban J connectivity index is 2.23. The molecule has 5 heteroatoms. The van der Waals surface area contributed by atoms with Crippen LogP contribution < -0.4 is 0 Å². The van der Waals surface area contributed by atoms with Crippen molar-refractivity contribution in [3.8, 4) is 10.4 Å². The first kappa shape index (κ1) is 10.8. The third-order valence-corrected chi connectivity index (χ3v) is 3.04. The van der Waals surface area contributed by atoms with E-state index in [1.165, 1.54) is 17.7 Å². The molecular weight excluding hydrogens is 224 g/mol. The molecule has 0 spiro atoms. The van der Waals surface area contributed by atoms with Crippen molar-refractivity contribution in [2.24, 2.45) is 0 Å². The second-order valence-electron chi connectivity index (χ2n) is 3.01. The number of rotatable bonds is 3. The highest BCUT2D eigenvalue weighted by molar-refractivity contribution is 7.17. The number of hydrogen-bond donors (Lipinski definition) is 0. The highest BCUT2D eigenvalue weighted by Gasteiger charge is 2.10. The van der Waals surface area contributed by atoms with Gasteiger partial charge >= 0.3 is 5.97 Å². The number of aromatic nitrogens is 2. The minimum Gasteiger partial charge on any atom is -0.462 e. The molecule has 0 aromatic carbocycles. The van der Waals surface area contributed by atoms with Gasteiger partial charge in [-0.15, -0.1) is 11.3 Å². The molecule has 0 aliphatic heterocycles. The summed E-state index contributed by atoms with van der Waals surface area (Å²) in [5, 5.41) is 0. The molecule has 0 N–H and O–H groups in total. The molecule has 0 aliphatic carbocycles. The fourth-order valence-corrected chi connectivity index (χ4v) is 2.11. The molecule has 0 aliphatic rings. The van der Waals surface area contributed by atoms with Crippen molar-refractivity contribution in [3.63, 3.8) is 0 Å². The standard InChI is InChI=1S/C11H10N2O2S/c1-2-15-11(14)10-4-3-9(16-10)8-5-12-7-13-6-8/h3-7H,2H2,1H3. The Bertz CT molecular complexity index is 482. The Labute approximate surface area is 96.9 Å². The molecule has 0 saturated carbocycles. The Hall–Kier alpha value is -1.75. The van der Waals surface area contributed by atoms with Crippen molar-refractivity contribution in [3.05, 3.63) is 35.7 Å². The van der Waals surface area contributed by atoms with E-state index in [0.29, 0.717) is 11.5 Å². The minimum absolute atomic E-state index is 0.282. The third kappa shape index (κ3) is 2.25. The molecule has 2 heterocycles. The summed E-state index contributed by atoms with van der Waals surface area (Å²) in [5.41, 5.74) is 0.906. The van der Waals surface area contributed by atoms with E-state index in [0.717, 1.165) is 10.4 Å². The van der Waals surface area contributed by atoms with Crippen LogP contribution in [0.3, 0.4) is 0 Å². The molecule has 0 fully saturated rings. The van der Waals surface area contributed by atoms with Gasteiger partial charge < -0.3 is 4.74 Å². The van der Waals surface area contributed by atoms with Crippen molar-refractivity contribution in [1.29, 1.82) is 0 Å². The molecule has 0 atom stereocenters. The van der Waals surface area contributed by atoms with Gasteiger partial charge in [0, 0.05) is 22.8 Å². The van der Waals surface area contributed by atoms with Crippen LogP contribution in [0.25, 0.3) is 10.4 Å². The normalized spacial score (nSPS) is 10.1. The van der Waals surface area contributed by atoms with Crippen LogP contribution in [0.2, 0.25) is 0 Å². The summed E-state index contributed by atoms with van der Waals surface area (Å²) in [6, 6.07) is 3.63. The molecule has 2 aromatic heterocycles. The number of carbonyl (C=O) groups is 1. The topological polar surface area (TPSA) is 52.1 Å². The van der Waals surface area contributed by atoms with Gasteiger partial charge in [0.2, 0.25) is 0 Å². The van der Waals surface area contributed by atoms with E-state index in [4.69, 9.17) is 4.74 Å². The average molecular weight is 234 g/mol. The lowest BCUT2D eigenvalue weighted by molar-refractivity contribution is 0.0532. The van der Waals surface area contributed by atoms with Crippen LogP contribution >= 0.6 is 11.3 Å². The molecule has 4 nitrogen and oxygen atoms in total. The summed E-state index contributed by atoms with van der Waals surface area (Å²) in [7, 11) is 0. The van der Waals surface area contributed by atoms with Crippen LogP contribution in [0, 0.1) is 0 Å². The molecular formula is C11H10N2O2S. The number of thiophene rings is 1. The molecule has 0 amide bonds. The SMILES string of the molecule is CCOC(=O)c1ccc(-c2cncnc2)s1. The van der Waals surface area contributed by atoms with Crippen molar-refractivity contribution in [2.75, 3.05) is 6.61 Å². The smallest absolute Gasteiger partial charge is 0.348 e. The fraction of sp³-hybridized carbons (Fsp3) is 0.182. The molecule has 82 valence electrons. The van der Waals surface area contributed by atoms with Gasteiger partial charge in [-0.2, -0.15) is 0 Å². The molecule has 0 unspecified atom stereocenters. The van der Waals surface area contributed by atoms with E-state index in [1.54, 1.807) is 25.4 Å². The van der Waals surface area contributed by atoms with Gasteiger partial charge in [-0.3, -0.25) is 0 Å². The van der Waals surface area contributed by atoms with Crippen molar-refractivity contribution in [2.45, 2.75) is 6.92 Å². The predicted molar refractivity (Wildman–Crippen MR) is 61.3 cm³/mol. The van der Waals surface area contributed by atoms with Crippen LogP contribution in [0.4, 0.5) is 0 Å². The van der Waals surface area contributed by atoms with E-state index in [1.807, 2.05) is 6.07 Å². The van der Waals surface area contributed by atoms with Crippen LogP contribution in [0.15, 0.2) is 30.9 Å². The zero-order chi connectivity index (χ0) is 11.4. The molecule has 16 heavy (non-hydrogen) atoms. The van der Waals surface area contributed by atoms with E-state index in [-0.39, 0.29) is 5.97 Å². The monoisotopic (exact) mass is 234 g/mol. The number of ether oxygens (including phenoxy) is 1. The second kappa shape index (κ2) is 4.85. The van der Waals surface area contributed by atoms with E-state index < -0.39 is 0 Å². The van der Waals surface area contributed by atoms with Gasteiger partial charge in [0.15, 0.2) is 0 Å². The van der Waals surface area contributed by atoms with Crippen LogP contribution in [0.1, 0.15) is 16.6 Å². The maximum Gasteiger partial charge on any atom is 0.348 e. The lowest BCUT2D eigenvalue weighted by Crippen LogP contribution is -2.01. The van der Waals surface area contributed by atoms with E-state index in [9.17, 15) is 4.79 Å². The zero-order valence-corrected chi connectivity index (χ0v) is 9.53. The van der Waals surface area contributed by atoms with Crippen LogP contribution in [-0.2, 0) is 4.74 Å². The Morgan fingerprint density at radius 3 is 2.81 bits per heavy atom. The first-order valence-corrected chi connectivity index (χ1v) is 5.65. The first-order valence-electron chi connectivity index (χ1n) is 4.83. The molecule has 0 bridgehead atoms. The molecule has 2 rings (SSSR count). The zero-order valence-electron chi connectivity index (χ0n) is 8.71. The van der Waals surface area contributed by atoms with Crippen LogP contribution in [0.5, 0.6) is 0 Å². The second-order valence-corrected chi connectivity index (χ2v) is 4.10. The largest absolute Gasteiger partial charge is 0.462 e. The number of hydrogen-bond acceptors (Lipinski definition) is 5. The van der Waals surface area contributed by atoms with Gasteiger partial charge in [0.05, 0.1) is 6.61 Å². The Morgan fingerprint density at radius 1 is 1.38 bits per heavy atom. The third-order valence-electron chi connectivity index (χ3n) is 1.93. The minimum atomic E-state index is -0.282. The summed E-state index contributed by atoms with van der Waals surface area (Å²) in [6.45, 7) is 2.18. The highest BCUT2D eigenvalue weighted by Crippen LogP contribution is 2.27. The first-order chi connectivity index (χ1) is 7.81. The summed E-state index contributed by atoms with van der Waals surface area (Å²) in [4.78, 5) is 20.9. The van der Waals surface area contributed by atoms with Gasteiger partial charge in [0.25, 0.3) is 0 Å². The molecule has 0 saturated heterocycles. The maximum absolute atomic E-state index is 11.4. The van der Waals surface area contributed by atoms with Gasteiger partial charge in [0.1, 0.15) is 11.2 Å².